The average molecular weight is 225 g/mol. The lowest BCUT2D eigenvalue weighted by Crippen LogP contribution is -2.58. The lowest BCUT2D eigenvalue weighted by Gasteiger charge is -2.44. The zero-order valence-corrected chi connectivity index (χ0v) is 11.2. The maximum Gasteiger partial charge on any atom is 0.0256 e. The van der Waals surface area contributed by atoms with Crippen LogP contribution in [0.15, 0.2) is 0 Å². The van der Waals surface area contributed by atoms with Crippen molar-refractivity contribution in [2.45, 2.75) is 51.7 Å². The summed E-state index contributed by atoms with van der Waals surface area (Å²) in [6.45, 7) is 10.5. The largest absolute Gasteiger partial charge is 0.326 e. The van der Waals surface area contributed by atoms with Crippen LogP contribution in [0.25, 0.3) is 0 Å². The van der Waals surface area contributed by atoms with Gasteiger partial charge in [-0.2, -0.15) is 0 Å². The SMILES string of the molecule is CC1CN(C)CCN1C1CCC(C)(C)C1N. The molecule has 1 heterocycles. The molecule has 1 aliphatic carbocycles. The van der Waals surface area contributed by atoms with E-state index in [-0.39, 0.29) is 0 Å². The second kappa shape index (κ2) is 4.28. The predicted molar refractivity (Wildman–Crippen MR) is 68.4 cm³/mol. The summed E-state index contributed by atoms with van der Waals surface area (Å²) >= 11 is 0. The molecule has 1 saturated carbocycles. The maximum atomic E-state index is 6.43. The summed E-state index contributed by atoms with van der Waals surface area (Å²) in [6, 6.07) is 1.61. The minimum atomic E-state index is 0.327. The van der Waals surface area contributed by atoms with Crippen molar-refractivity contribution < 1.29 is 0 Å². The van der Waals surface area contributed by atoms with Crippen molar-refractivity contribution in [3.63, 3.8) is 0 Å². The standard InChI is InChI=1S/C13H27N3/c1-10-9-15(4)7-8-16(10)11-5-6-13(2,3)12(11)14/h10-12H,5-9,14H2,1-4H3. The van der Waals surface area contributed by atoms with Crippen LogP contribution in [0.3, 0.4) is 0 Å². The van der Waals surface area contributed by atoms with E-state index in [4.69, 9.17) is 5.73 Å². The minimum Gasteiger partial charge on any atom is -0.326 e. The molecule has 3 nitrogen and oxygen atoms in total. The second-order valence-corrected chi connectivity index (χ2v) is 6.47. The van der Waals surface area contributed by atoms with Gasteiger partial charge in [0, 0.05) is 37.8 Å². The Bertz CT molecular complexity index is 252. The third-order valence-corrected chi connectivity index (χ3v) is 4.71. The summed E-state index contributed by atoms with van der Waals surface area (Å²) in [7, 11) is 2.21. The molecule has 0 bridgehead atoms. The van der Waals surface area contributed by atoms with E-state index in [9.17, 15) is 0 Å². The van der Waals surface area contributed by atoms with Gasteiger partial charge in [-0.25, -0.2) is 0 Å². The molecule has 0 radical (unpaired) electrons. The van der Waals surface area contributed by atoms with E-state index in [0.717, 1.165) is 0 Å². The second-order valence-electron chi connectivity index (χ2n) is 6.47. The van der Waals surface area contributed by atoms with Gasteiger partial charge in [0.15, 0.2) is 0 Å². The minimum absolute atomic E-state index is 0.327. The molecule has 0 aromatic carbocycles. The molecule has 2 fully saturated rings. The van der Waals surface area contributed by atoms with Crippen LogP contribution >= 0.6 is 0 Å². The fraction of sp³-hybridized carbons (Fsp3) is 1.00. The highest BCUT2D eigenvalue weighted by atomic mass is 15.3. The van der Waals surface area contributed by atoms with Crippen LogP contribution in [0.5, 0.6) is 0 Å². The van der Waals surface area contributed by atoms with E-state index in [1.807, 2.05) is 0 Å². The van der Waals surface area contributed by atoms with E-state index < -0.39 is 0 Å². The van der Waals surface area contributed by atoms with Crippen molar-refractivity contribution in [1.82, 2.24) is 9.80 Å². The van der Waals surface area contributed by atoms with Gasteiger partial charge in [-0.1, -0.05) is 13.8 Å². The van der Waals surface area contributed by atoms with Crippen LogP contribution in [0.2, 0.25) is 0 Å². The molecular formula is C13H27N3. The van der Waals surface area contributed by atoms with Crippen LogP contribution in [-0.4, -0.2) is 54.6 Å². The van der Waals surface area contributed by atoms with E-state index in [2.05, 4.69) is 37.6 Å². The fourth-order valence-electron chi connectivity index (χ4n) is 3.41. The van der Waals surface area contributed by atoms with Crippen molar-refractivity contribution in [1.29, 1.82) is 0 Å². The topological polar surface area (TPSA) is 32.5 Å². The summed E-state index contributed by atoms with van der Waals surface area (Å²) in [4.78, 5) is 5.08. The first-order chi connectivity index (χ1) is 7.42. The molecular weight excluding hydrogens is 198 g/mol. The predicted octanol–water partition coefficient (Wildman–Crippen LogP) is 1.14. The normalized spacial score (nSPS) is 41.4. The van der Waals surface area contributed by atoms with Crippen LogP contribution in [0, 0.1) is 5.41 Å². The molecule has 3 heteroatoms. The summed E-state index contributed by atoms with van der Waals surface area (Å²) in [6.07, 6.45) is 2.56. The molecule has 3 atom stereocenters. The monoisotopic (exact) mass is 225 g/mol. The number of rotatable bonds is 1. The molecule has 1 saturated heterocycles. The molecule has 3 unspecified atom stereocenters. The Morgan fingerprint density at radius 2 is 1.94 bits per heavy atom. The lowest BCUT2D eigenvalue weighted by atomic mass is 9.87. The third-order valence-electron chi connectivity index (χ3n) is 4.71. The van der Waals surface area contributed by atoms with Gasteiger partial charge < -0.3 is 10.6 Å². The van der Waals surface area contributed by atoms with E-state index >= 15 is 0 Å². The molecule has 2 aliphatic rings. The van der Waals surface area contributed by atoms with Crippen LogP contribution in [-0.2, 0) is 0 Å². The first-order valence-corrected chi connectivity index (χ1v) is 6.62. The Morgan fingerprint density at radius 3 is 2.44 bits per heavy atom. The summed E-state index contributed by atoms with van der Waals surface area (Å²) in [5.74, 6) is 0. The van der Waals surface area contributed by atoms with Gasteiger partial charge in [-0.05, 0) is 32.2 Å². The Balaban J connectivity index is 2.03. The van der Waals surface area contributed by atoms with Gasteiger partial charge in [0.2, 0.25) is 0 Å². The van der Waals surface area contributed by atoms with Gasteiger partial charge >= 0.3 is 0 Å². The zero-order chi connectivity index (χ0) is 11.9. The number of likely N-dealkylation sites (N-methyl/N-ethyl adjacent to an activating group) is 1. The smallest absolute Gasteiger partial charge is 0.0256 e. The third kappa shape index (κ3) is 2.13. The molecule has 94 valence electrons. The summed E-state index contributed by atoms with van der Waals surface area (Å²) in [5.41, 5.74) is 6.76. The number of nitrogens with zero attached hydrogens (tertiary/aromatic N) is 2. The number of nitrogens with two attached hydrogens (primary N) is 1. The highest BCUT2D eigenvalue weighted by Crippen LogP contribution is 2.39. The molecule has 0 spiro atoms. The van der Waals surface area contributed by atoms with Gasteiger partial charge in [-0.3, -0.25) is 4.90 Å². The van der Waals surface area contributed by atoms with Crippen molar-refractivity contribution in [2.75, 3.05) is 26.7 Å². The van der Waals surface area contributed by atoms with E-state index in [1.165, 1.54) is 32.5 Å². The number of hydrogen-bond acceptors (Lipinski definition) is 3. The summed E-state index contributed by atoms with van der Waals surface area (Å²) < 4.78 is 0. The highest BCUT2D eigenvalue weighted by Gasteiger charge is 2.43. The molecule has 16 heavy (non-hydrogen) atoms. The number of hydrogen-bond donors (Lipinski definition) is 1. The highest BCUT2D eigenvalue weighted by molar-refractivity contribution is 5.01. The van der Waals surface area contributed by atoms with Crippen LogP contribution in [0.4, 0.5) is 0 Å². The first kappa shape index (κ1) is 12.3. The van der Waals surface area contributed by atoms with Gasteiger partial charge in [0.05, 0.1) is 0 Å². The van der Waals surface area contributed by atoms with E-state index in [1.54, 1.807) is 0 Å². The Kier molecular flexibility index (Phi) is 3.30. The lowest BCUT2D eigenvalue weighted by molar-refractivity contribution is 0.0513. The van der Waals surface area contributed by atoms with Crippen molar-refractivity contribution in [3.05, 3.63) is 0 Å². The molecule has 2 N–H and O–H groups in total. The Labute approximate surface area is 100.0 Å². The quantitative estimate of drug-likeness (QED) is 0.726. The average Bonchev–Trinajstić information content (AvgIpc) is 2.44. The molecule has 0 amide bonds. The fourth-order valence-corrected chi connectivity index (χ4v) is 3.41. The van der Waals surface area contributed by atoms with E-state index in [0.29, 0.717) is 23.5 Å². The van der Waals surface area contributed by atoms with Crippen LogP contribution < -0.4 is 5.73 Å². The molecule has 0 aromatic rings. The van der Waals surface area contributed by atoms with Crippen molar-refractivity contribution >= 4 is 0 Å². The first-order valence-electron chi connectivity index (χ1n) is 6.62. The van der Waals surface area contributed by atoms with Crippen molar-refractivity contribution in [3.8, 4) is 0 Å². The van der Waals surface area contributed by atoms with Crippen LogP contribution in [0.1, 0.15) is 33.6 Å². The molecule has 0 aromatic heterocycles. The van der Waals surface area contributed by atoms with Crippen molar-refractivity contribution in [2.24, 2.45) is 11.1 Å². The summed E-state index contributed by atoms with van der Waals surface area (Å²) in [5, 5.41) is 0. The Hall–Kier alpha value is -0.120. The molecule has 2 rings (SSSR count). The zero-order valence-electron chi connectivity index (χ0n) is 11.2. The molecule has 1 aliphatic heterocycles. The Morgan fingerprint density at radius 1 is 1.25 bits per heavy atom. The number of piperazine rings is 1. The van der Waals surface area contributed by atoms with Gasteiger partial charge in [-0.15, -0.1) is 0 Å². The van der Waals surface area contributed by atoms with Gasteiger partial charge in [0.1, 0.15) is 0 Å². The maximum absolute atomic E-state index is 6.43. The van der Waals surface area contributed by atoms with Gasteiger partial charge in [0.25, 0.3) is 0 Å².